The first kappa shape index (κ1) is 16.5. The predicted octanol–water partition coefficient (Wildman–Crippen LogP) is 4.82. The lowest BCUT2D eigenvalue weighted by molar-refractivity contribution is 0.0616. The zero-order valence-electron chi connectivity index (χ0n) is 15.2. The average molecular weight is 346 g/mol. The van der Waals surface area contributed by atoms with E-state index in [1.807, 2.05) is 61.2 Å². The van der Waals surface area contributed by atoms with E-state index >= 15 is 0 Å². The number of rotatable bonds is 3. The molecule has 3 aromatic carbocycles. The molecule has 1 unspecified atom stereocenters. The third-order valence-electron chi connectivity index (χ3n) is 4.94. The number of ether oxygens (including phenoxy) is 1. The van der Waals surface area contributed by atoms with E-state index in [0.717, 1.165) is 27.8 Å². The van der Waals surface area contributed by atoms with Crippen LogP contribution in [-0.4, -0.2) is 24.0 Å². The van der Waals surface area contributed by atoms with E-state index in [9.17, 15) is 4.79 Å². The molecule has 1 amide bonds. The number of nitrogens with zero attached hydrogens (tertiary/aromatic N) is 1. The molecule has 3 aromatic rings. The Kier molecular flexibility index (Phi) is 4.03. The quantitative estimate of drug-likeness (QED) is 0.739. The van der Waals surface area contributed by atoms with Gasteiger partial charge in [0.05, 0.1) is 12.7 Å². The van der Waals surface area contributed by atoms with E-state index in [1.54, 1.807) is 7.11 Å². The van der Waals surface area contributed by atoms with E-state index in [2.05, 4.69) is 23.5 Å². The van der Waals surface area contributed by atoms with Gasteiger partial charge in [0.15, 0.2) is 0 Å². The SMILES string of the molecule is COc1ccc2ccccc2c1C1Nc2ccccc2C(=O)N1C(C)C. The van der Waals surface area contributed by atoms with Gasteiger partial charge in [0.2, 0.25) is 0 Å². The highest BCUT2D eigenvalue weighted by molar-refractivity contribution is 6.02. The van der Waals surface area contributed by atoms with Gasteiger partial charge in [0, 0.05) is 17.3 Å². The van der Waals surface area contributed by atoms with Crippen molar-refractivity contribution in [2.24, 2.45) is 0 Å². The van der Waals surface area contributed by atoms with Crippen LogP contribution in [0.5, 0.6) is 5.75 Å². The Morgan fingerprint density at radius 1 is 1.00 bits per heavy atom. The number of benzene rings is 3. The highest BCUT2D eigenvalue weighted by atomic mass is 16.5. The monoisotopic (exact) mass is 346 g/mol. The van der Waals surface area contributed by atoms with Crippen LogP contribution in [0.4, 0.5) is 5.69 Å². The van der Waals surface area contributed by atoms with Crippen molar-refractivity contribution in [2.75, 3.05) is 12.4 Å². The molecular formula is C22H22N2O2. The van der Waals surface area contributed by atoms with Crippen molar-refractivity contribution in [1.29, 1.82) is 0 Å². The van der Waals surface area contributed by atoms with Crippen molar-refractivity contribution in [2.45, 2.75) is 26.1 Å². The number of anilines is 1. The third kappa shape index (κ3) is 2.49. The standard InChI is InChI=1S/C22H22N2O2/c1-14(2)24-21(23-18-11-7-6-10-17(18)22(24)25)20-16-9-5-4-8-15(16)12-13-19(20)26-3/h4-14,21,23H,1-3H3. The Labute approximate surface area is 153 Å². The lowest BCUT2D eigenvalue weighted by Gasteiger charge is -2.41. The van der Waals surface area contributed by atoms with Gasteiger partial charge in [-0.15, -0.1) is 0 Å². The van der Waals surface area contributed by atoms with Crippen molar-refractivity contribution >= 4 is 22.4 Å². The molecule has 0 bridgehead atoms. The van der Waals surface area contributed by atoms with Crippen LogP contribution in [0.25, 0.3) is 10.8 Å². The lowest BCUT2D eigenvalue weighted by atomic mass is 9.96. The first-order valence-electron chi connectivity index (χ1n) is 8.85. The second kappa shape index (κ2) is 6.37. The molecule has 4 rings (SSSR count). The van der Waals surface area contributed by atoms with Crippen molar-refractivity contribution < 1.29 is 9.53 Å². The summed E-state index contributed by atoms with van der Waals surface area (Å²) in [7, 11) is 1.67. The summed E-state index contributed by atoms with van der Waals surface area (Å²) in [6.45, 7) is 4.08. The Morgan fingerprint density at radius 3 is 2.50 bits per heavy atom. The number of fused-ring (bicyclic) bond motifs is 2. The zero-order valence-corrected chi connectivity index (χ0v) is 15.2. The molecule has 0 saturated carbocycles. The Balaban J connectivity index is 1.97. The molecule has 0 fully saturated rings. The van der Waals surface area contributed by atoms with Crippen molar-refractivity contribution in [1.82, 2.24) is 4.90 Å². The Morgan fingerprint density at radius 2 is 1.73 bits per heavy atom. The summed E-state index contributed by atoms with van der Waals surface area (Å²) in [6.07, 6.45) is -0.293. The normalized spacial score (nSPS) is 16.5. The predicted molar refractivity (Wildman–Crippen MR) is 105 cm³/mol. The Bertz CT molecular complexity index is 981. The molecule has 4 nitrogen and oxygen atoms in total. The topological polar surface area (TPSA) is 41.6 Å². The largest absolute Gasteiger partial charge is 0.496 e. The van der Waals surface area contributed by atoms with Crippen LogP contribution >= 0.6 is 0 Å². The van der Waals surface area contributed by atoms with Gasteiger partial charge < -0.3 is 15.0 Å². The van der Waals surface area contributed by atoms with Crippen molar-refractivity contribution in [3.63, 3.8) is 0 Å². The van der Waals surface area contributed by atoms with Crippen molar-refractivity contribution in [3.8, 4) is 5.75 Å². The van der Waals surface area contributed by atoms with Gasteiger partial charge in [-0.2, -0.15) is 0 Å². The number of nitrogens with one attached hydrogen (secondary N) is 1. The van der Waals surface area contributed by atoms with Crippen LogP contribution in [0.3, 0.4) is 0 Å². The van der Waals surface area contributed by atoms with Gasteiger partial charge in [0.25, 0.3) is 5.91 Å². The molecular weight excluding hydrogens is 324 g/mol. The zero-order chi connectivity index (χ0) is 18.3. The highest BCUT2D eigenvalue weighted by Gasteiger charge is 2.36. The van der Waals surface area contributed by atoms with E-state index in [-0.39, 0.29) is 18.1 Å². The number of methoxy groups -OCH3 is 1. The minimum Gasteiger partial charge on any atom is -0.496 e. The molecule has 1 heterocycles. The van der Waals surface area contributed by atoms with Gasteiger partial charge in [0.1, 0.15) is 11.9 Å². The highest BCUT2D eigenvalue weighted by Crippen LogP contribution is 2.41. The van der Waals surface area contributed by atoms with Crippen LogP contribution in [0.2, 0.25) is 0 Å². The van der Waals surface area contributed by atoms with Crippen LogP contribution in [0, 0.1) is 0 Å². The molecule has 26 heavy (non-hydrogen) atoms. The van der Waals surface area contributed by atoms with Gasteiger partial charge in [-0.25, -0.2) is 0 Å². The minimum atomic E-state index is -0.293. The molecule has 132 valence electrons. The van der Waals surface area contributed by atoms with Gasteiger partial charge in [-0.1, -0.05) is 42.5 Å². The molecule has 4 heteroatoms. The molecule has 1 N–H and O–H groups in total. The third-order valence-corrected chi connectivity index (χ3v) is 4.94. The van der Waals surface area contributed by atoms with Crippen molar-refractivity contribution in [3.05, 3.63) is 71.8 Å². The fourth-order valence-corrected chi connectivity index (χ4v) is 3.75. The smallest absolute Gasteiger partial charge is 0.258 e. The molecule has 0 aliphatic carbocycles. The van der Waals surface area contributed by atoms with Crippen LogP contribution in [-0.2, 0) is 0 Å². The molecule has 1 aliphatic heterocycles. The molecule has 0 radical (unpaired) electrons. The summed E-state index contributed by atoms with van der Waals surface area (Å²) in [6, 6.07) is 19.9. The molecule has 0 spiro atoms. The average Bonchev–Trinajstić information content (AvgIpc) is 2.66. The maximum atomic E-state index is 13.2. The summed E-state index contributed by atoms with van der Waals surface area (Å²) >= 11 is 0. The fraction of sp³-hybridized carbons (Fsp3) is 0.227. The van der Waals surface area contributed by atoms with Crippen LogP contribution in [0.15, 0.2) is 60.7 Å². The lowest BCUT2D eigenvalue weighted by Crippen LogP contribution is -2.46. The number of carbonyl (C=O) groups excluding carboxylic acids is 1. The maximum absolute atomic E-state index is 13.2. The number of carbonyl (C=O) groups is 1. The van der Waals surface area contributed by atoms with Gasteiger partial charge in [-0.3, -0.25) is 4.79 Å². The second-order valence-electron chi connectivity index (χ2n) is 6.80. The summed E-state index contributed by atoms with van der Waals surface area (Å²) in [5, 5.41) is 5.78. The van der Waals surface area contributed by atoms with Gasteiger partial charge in [-0.05, 0) is 42.8 Å². The minimum absolute atomic E-state index is 0.0364. The number of amides is 1. The van der Waals surface area contributed by atoms with E-state index in [1.165, 1.54) is 0 Å². The van der Waals surface area contributed by atoms with Crippen LogP contribution < -0.4 is 10.1 Å². The summed E-state index contributed by atoms with van der Waals surface area (Å²) < 4.78 is 5.68. The second-order valence-corrected chi connectivity index (χ2v) is 6.80. The first-order chi connectivity index (χ1) is 12.6. The number of para-hydroxylation sites is 1. The van der Waals surface area contributed by atoms with E-state index in [4.69, 9.17) is 4.74 Å². The summed E-state index contributed by atoms with van der Waals surface area (Å²) in [5.74, 6) is 0.813. The van der Waals surface area contributed by atoms with E-state index in [0.29, 0.717) is 5.56 Å². The van der Waals surface area contributed by atoms with E-state index < -0.39 is 0 Å². The first-order valence-corrected chi connectivity index (χ1v) is 8.85. The summed E-state index contributed by atoms with van der Waals surface area (Å²) in [5.41, 5.74) is 2.55. The molecule has 0 aromatic heterocycles. The number of hydrogen-bond donors (Lipinski definition) is 1. The Hall–Kier alpha value is -3.01. The molecule has 1 aliphatic rings. The number of hydrogen-bond acceptors (Lipinski definition) is 3. The molecule has 0 saturated heterocycles. The summed E-state index contributed by atoms with van der Waals surface area (Å²) in [4.78, 5) is 15.1. The fourth-order valence-electron chi connectivity index (χ4n) is 3.75. The van der Waals surface area contributed by atoms with Gasteiger partial charge >= 0.3 is 0 Å². The van der Waals surface area contributed by atoms with Crippen LogP contribution in [0.1, 0.15) is 35.9 Å². The molecule has 1 atom stereocenters. The maximum Gasteiger partial charge on any atom is 0.258 e.